The number of nitrogens with zero attached hydrogens (tertiary/aromatic N) is 2. The molecule has 0 bridgehead atoms. The number of nitrogens with one attached hydrogen (secondary N) is 2. The van der Waals surface area contributed by atoms with Gasteiger partial charge in [-0.2, -0.15) is 0 Å². The molecule has 1 aromatic heterocycles. The number of carbonyl (C=O) groups excluding carboxylic acids is 1. The number of anilines is 1. The number of ether oxygens (including phenoxy) is 1. The van der Waals surface area contributed by atoms with Crippen LogP contribution in [0, 0.1) is 0 Å². The van der Waals surface area contributed by atoms with Crippen molar-refractivity contribution in [3.63, 3.8) is 0 Å². The normalized spacial score (nSPS) is 11.6. The SMILES string of the molecule is C=C/N=C(\OC=C)C(=O)Nc1cncc(S(=O)(=O)NC)c1. The van der Waals surface area contributed by atoms with E-state index in [1.54, 1.807) is 0 Å². The van der Waals surface area contributed by atoms with Gasteiger partial charge in [-0.05, 0) is 13.1 Å². The maximum absolute atomic E-state index is 11.9. The molecule has 0 aliphatic heterocycles. The number of hydrogen-bond acceptors (Lipinski definition) is 6. The van der Waals surface area contributed by atoms with Crippen LogP contribution in [-0.2, 0) is 19.6 Å². The van der Waals surface area contributed by atoms with Crippen LogP contribution in [0.1, 0.15) is 0 Å². The van der Waals surface area contributed by atoms with Crippen molar-refractivity contribution in [3.8, 4) is 0 Å². The topological polar surface area (TPSA) is 110 Å². The van der Waals surface area contributed by atoms with E-state index in [1.165, 1.54) is 19.3 Å². The summed E-state index contributed by atoms with van der Waals surface area (Å²) < 4.78 is 30.2. The summed E-state index contributed by atoms with van der Waals surface area (Å²) in [5.41, 5.74) is 0.167. The Hall–Kier alpha value is -2.52. The first-order valence-corrected chi connectivity index (χ1v) is 7.09. The van der Waals surface area contributed by atoms with E-state index in [1.807, 2.05) is 0 Å². The van der Waals surface area contributed by atoms with Crippen molar-refractivity contribution in [1.82, 2.24) is 9.71 Å². The van der Waals surface area contributed by atoms with Gasteiger partial charge in [0, 0.05) is 12.4 Å². The largest absolute Gasteiger partial charge is 0.443 e. The van der Waals surface area contributed by atoms with Crippen LogP contribution in [0.3, 0.4) is 0 Å². The van der Waals surface area contributed by atoms with E-state index < -0.39 is 15.9 Å². The summed E-state index contributed by atoms with van der Waals surface area (Å²) in [5.74, 6) is -0.988. The molecule has 1 amide bonds. The Morgan fingerprint density at radius 2 is 2.14 bits per heavy atom. The Bertz CT molecular complexity index is 682. The highest BCUT2D eigenvalue weighted by Crippen LogP contribution is 2.13. The van der Waals surface area contributed by atoms with Gasteiger partial charge in [-0.3, -0.25) is 9.78 Å². The van der Waals surface area contributed by atoms with Gasteiger partial charge in [-0.15, -0.1) is 0 Å². The summed E-state index contributed by atoms with van der Waals surface area (Å²) in [6.45, 7) is 6.66. The molecule has 9 heteroatoms. The molecule has 0 aromatic carbocycles. The Morgan fingerprint density at radius 1 is 1.43 bits per heavy atom. The Morgan fingerprint density at radius 3 is 2.71 bits per heavy atom. The molecule has 8 nitrogen and oxygen atoms in total. The number of rotatable bonds is 5. The second-order valence-corrected chi connectivity index (χ2v) is 5.36. The fourth-order valence-electron chi connectivity index (χ4n) is 1.24. The molecule has 21 heavy (non-hydrogen) atoms. The van der Waals surface area contributed by atoms with Crippen LogP contribution in [0.2, 0.25) is 0 Å². The van der Waals surface area contributed by atoms with Crippen molar-refractivity contribution in [3.05, 3.63) is 44.1 Å². The average Bonchev–Trinajstić information content (AvgIpc) is 2.47. The zero-order valence-electron chi connectivity index (χ0n) is 11.2. The minimum atomic E-state index is -3.65. The maximum Gasteiger partial charge on any atom is 0.311 e. The van der Waals surface area contributed by atoms with E-state index in [0.717, 1.165) is 18.7 Å². The molecule has 0 saturated heterocycles. The van der Waals surface area contributed by atoms with Crippen LogP contribution in [0.5, 0.6) is 0 Å². The summed E-state index contributed by atoms with van der Waals surface area (Å²) in [5, 5.41) is 2.40. The molecule has 1 heterocycles. The number of pyridine rings is 1. The monoisotopic (exact) mass is 310 g/mol. The van der Waals surface area contributed by atoms with E-state index >= 15 is 0 Å². The zero-order valence-corrected chi connectivity index (χ0v) is 12.1. The summed E-state index contributed by atoms with van der Waals surface area (Å²) in [6.07, 6.45) is 4.59. The lowest BCUT2D eigenvalue weighted by Crippen LogP contribution is -2.24. The highest BCUT2D eigenvalue weighted by molar-refractivity contribution is 7.89. The van der Waals surface area contributed by atoms with Gasteiger partial charge in [0.2, 0.25) is 10.0 Å². The van der Waals surface area contributed by atoms with Crippen LogP contribution in [0.4, 0.5) is 5.69 Å². The van der Waals surface area contributed by atoms with Crippen LogP contribution in [0.15, 0.2) is 54.0 Å². The fraction of sp³-hybridized carbons (Fsp3) is 0.0833. The molecule has 0 unspecified atom stereocenters. The minimum Gasteiger partial charge on any atom is -0.443 e. The Balaban J connectivity index is 3.01. The molecule has 0 fully saturated rings. The first-order valence-electron chi connectivity index (χ1n) is 5.60. The van der Waals surface area contributed by atoms with Crippen molar-refractivity contribution in [2.45, 2.75) is 4.90 Å². The molecule has 1 aromatic rings. The standard InChI is InChI=1S/C12H14N4O4S/c1-4-15-12(20-5-2)11(17)16-9-6-10(8-14-7-9)21(18,19)13-3/h4-8,13H,1-2H2,3H3,(H,16,17)/b15-12-. The first-order chi connectivity index (χ1) is 9.94. The number of carbonyl (C=O) groups is 1. The average molecular weight is 310 g/mol. The van der Waals surface area contributed by atoms with Gasteiger partial charge < -0.3 is 10.1 Å². The molecule has 0 radical (unpaired) electrons. The van der Waals surface area contributed by atoms with E-state index in [9.17, 15) is 13.2 Å². The maximum atomic E-state index is 11.9. The number of aromatic nitrogens is 1. The molecular formula is C12H14N4O4S. The van der Waals surface area contributed by atoms with Crippen LogP contribution in [0.25, 0.3) is 0 Å². The number of sulfonamides is 1. The number of amides is 1. The number of hydrogen-bond donors (Lipinski definition) is 2. The van der Waals surface area contributed by atoms with Gasteiger partial charge in [0.05, 0.1) is 18.1 Å². The molecule has 0 aliphatic carbocycles. The zero-order chi connectivity index (χ0) is 15.9. The van der Waals surface area contributed by atoms with E-state index in [4.69, 9.17) is 4.74 Å². The Labute approximate surface area is 122 Å². The number of aliphatic imine (C=N–C) groups is 1. The van der Waals surface area contributed by atoms with Crippen LogP contribution >= 0.6 is 0 Å². The summed E-state index contributed by atoms with van der Waals surface area (Å²) in [7, 11) is -2.38. The summed E-state index contributed by atoms with van der Waals surface area (Å²) in [4.78, 5) is 19.1. The summed E-state index contributed by atoms with van der Waals surface area (Å²) in [6, 6.07) is 1.25. The van der Waals surface area contributed by atoms with Gasteiger partial charge >= 0.3 is 5.91 Å². The molecule has 0 atom stereocenters. The van der Waals surface area contributed by atoms with E-state index in [2.05, 4.69) is 33.2 Å². The highest BCUT2D eigenvalue weighted by Gasteiger charge is 2.16. The van der Waals surface area contributed by atoms with Crippen molar-refractivity contribution in [1.29, 1.82) is 0 Å². The first kappa shape index (κ1) is 16.5. The van der Waals surface area contributed by atoms with Gasteiger partial charge in [0.1, 0.15) is 4.90 Å². The highest BCUT2D eigenvalue weighted by atomic mass is 32.2. The molecule has 1 rings (SSSR count). The Kier molecular flexibility index (Phi) is 5.76. The van der Waals surface area contributed by atoms with Gasteiger partial charge in [-0.1, -0.05) is 13.2 Å². The fourth-order valence-corrected chi connectivity index (χ4v) is 1.96. The second-order valence-electron chi connectivity index (χ2n) is 3.47. The van der Waals surface area contributed by atoms with Crippen molar-refractivity contribution in [2.24, 2.45) is 4.99 Å². The lowest BCUT2D eigenvalue weighted by Gasteiger charge is -2.07. The van der Waals surface area contributed by atoms with E-state index in [-0.39, 0.29) is 16.5 Å². The summed E-state index contributed by atoms with van der Waals surface area (Å²) >= 11 is 0. The van der Waals surface area contributed by atoms with Crippen molar-refractivity contribution >= 4 is 27.5 Å². The van der Waals surface area contributed by atoms with Crippen LogP contribution < -0.4 is 10.0 Å². The molecule has 2 N–H and O–H groups in total. The third-order valence-electron chi connectivity index (χ3n) is 2.15. The van der Waals surface area contributed by atoms with Crippen molar-refractivity contribution in [2.75, 3.05) is 12.4 Å². The predicted octanol–water partition coefficient (Wildman–Crippen LogP) is 0.630. The van der Waals surface area contributed by atoms with Gasteiger partial charge in [0.25, 0.3) is 5.90 Å². The lowest BCUT2D eigenvalue weighted by molar-refractivity contribution is -0.111. The minimum absolute atomic E-state index is 0.0883. The second kappa shape index (κ2) is 7.31. The van der Waals surface area contributed by atoms with E-state index in [0.29, 0.717) is 0 Å². The van der Waals surface area contributed by atoms with Crippen molar-refractivity contribution < 1.29 is 17.9 Å². The molecule has 0 saturated carbocycles. The van der Waals surface area contributed by atoms with Crippen LogP contribution in [-0.4, -0.2) is 32.3 Å². The molecule has 112 valence electrons. The predicted molar refractivity (Wildman–Crippen MR) is 78.0 cm³/mol. The molecule has 0 aliphatic rings. The van der Waals surface area contributed by atoms with Gasteiger partial charge in [-0.25, -0.2) is 18.1 Å². The lowest BCUT2D eigenvalue weighted by atomic mass is 10.4. The van der Waals surface area contributed by atoms with Gasteiger partial charge in [0.15, 0.2) is 0 Å². The smallest absolute Gasteiger partial charge is 0.311 e. The molecular weight excluding hydrogens is 296 g/mol. The quantitative estimate of drug-likeness (QED) is 0.471. The molecule has 0 spiro atoms. The third-order valence-corrected chi connectivity index (χ3v) is 3.53. The third kappa shape index (κ3) is 4.51.